The lowest BCUT2D eigenvalue weighted by atomic mass is 10.2. The normalized spacial score (nSPS) is 16.4. The van der Waals surface area contributed by atoms with Gasteiger partial charge in [-0.2, -0.15) is 9.98 Å². The van der Waals surface area contributed by atoms with Crippen molar-refractivity contribution >= 4 is 52.8 Å². The summed E-state index contributed by atoms with van der Waals surface area (Å²) in [4.78, 5) is 27.1. The maximum Gasteiger partial charge on any atom is 0.377 e. The van der Waals surface area contributed by atoms with E-state index in [9.17, 15) is 4.79 Å². The number of aliphatic hydroxyl groups is 4. The Morgan fingerprint density at radius 2 is 1.30 bits per heavy atom. The number of halogens is 1. The number of nitrogens with one attached hydrogen (secondary N) is 2. The maximum atomic E-state index is 10.5. The second kappa shape index (κ2) is 19.4. The fourth-order valence-electron chi connectivity index (χ4n) is 3.63. The van der Waals surface area contributed by atoms with Crippen LogP contribution in [0.1, 0.15) is 31.2 Å². The zero-order valence-corrected chi connectivity index (χ0v) is 26.1. The molecule has 17 heteroatoms. The van der Waals surface area contributed by atoms with Gasteiger partial charge in [-0.05, 0) is 56.2 Å². The molecule has 2 aromatic rings. The number of rotatable bonds is 11. The van der Waals surface area contributed by atoms with Gasteiger partial charge in [0.15, 0.2) is 11.9 Å². The SMILES string of the molecule is Cc1ccc(N/C(N)=N/C(N)=NCCCCCCN=C(N)/N=C(\N)Nc2ccc(Cl)cc2)cc1.O=C1O[C@@H]([C@@H](O)CO)C(O)=C1O. The molecule has 0 bridgehead atoms. The predicted molar refractivity (Wildman–Crippen MR) is 180 cm³/mol. The molecule has 0 saturated heterocycles. The molecule has 2 aromatic carbocycles. The van der Waals surface area contributed by atoms with E-state index in [1.165, 1.54) is 0 Å². The molecule has 3 rings (SSSR count). The van der Waals surface area contributed by atoms with Crippen LogP contribution in [-0.2, 0) is 9.53 Å². The molecule has 0 aliphatic carbocycles. The highest BCUT2D eigenvalue weighted by molar-refractivity contribution is 6.30. The molecule has 0 fully saturated rings. The summed E-state index contributed by atoms with van der Waals surface area (Å²) in [6.45, 7) is 2.49. The third kappa shape index (κ3) is 13.7. The highest BCUT2D eigenvalue weighted by Crippen LogP contribution is 2.21. The van der Waals surface area contributed by atoms with Crippen molar-refractivity contribution in [1.82, 2.24) is 0 Å². The highest BCUT2D eigenvalue weighted by atomic mass is 35.5. The molecule has 0 saturated carbocycles. The molecule has 46 heavy (non-hydrogen) atoms. The van der Waals surface area contributed by atoms with Crippen LogP contribution in [0.5, 0.6) is 0 Å². The molecular weight excluding hydrogens is 620 g/mol. The predicted octanol–water partition coefficient (Wildman–Crippen LogP) is 1.58. The van der Waals surface area contributed by atoms with E-state index in [-0.39, 0.29) is 23.8 Å². The van der Waals surface area contributed by atoms with Crippen molar-refractivity contribution in [2.45, 2.75) is 44.8 Å². The monoisotopic (exact) mass is 660 g/mol. The Morgan fingerprint density at radius 1 is 0.848 bits per heavy atom. The molecule has 0 radical (unpaired) electrons. The van der Waals surface area contributed by atoms with Crippen LogP contribution in [0.25, 0.3) is 0 Å². The van der Waals surface area contributed by atoms with E-state index >= 15 is 0 Å². The van der Waals surface area contributed by atoms with Crippen LogP contribution >= 0.6 is 11.6 Å². The Morgan fingerprint density at radius 3 is 1.72 bits per heavy atom. The van der Waals surface area contributed by atoms with Crippen molar-refractivity contribution in [3.8, 4) is 0 Å². The lowest BCUT2D eigenvalue weighted by Crippen LogP contribution is -2.31. The molecule has 16 nitrogen and oxygen atoms in total. The summed E-state index contributed by atoms with van der Waals surface area (Å²) >= 11 is 5.85. The van der Waals surface area contributed by atoms with Gasteiger partial charge in [0, 0.05) is 29.5 Å². The van der Waals surface area contributed by atoms with Crippen LogP contribution in [-0.4, -0.2) is 82.1 Å². The van der Waals surface area contributed by atoms with Crippen molar-refractivity contribution in [2.75, 3.05) is 30.3 Å². The number of benzene rings is 2. The zero-order valence-electron chi connectivity index (χ0n) is 25.3. The van der Waals surface area contributed by atoms with Gasteiger partial charge >= 0.3 is 5.97 Å². The number of aryl methyl sites for hydroxylation is 1. The average molecular weight is 661 g/mol. The summed E-state index contributed by atoms with van der Waals surface area (Å²) in [6.07, 6.45) is 0.953. The van der Waals surface area contributed by atoms with Gasteiger partial charge in [0.1, 0.15) is 6.10 Å². The van der Waals surface area contributed by atoms with E-state index in [2.05, 4.69) is 35.3 Å². The Labute approximate surface area is 271 Å². The Hall–Kier alpha value is -5.06. The number of hydrogen-bond acceptors (Lipinski definition) is 8. The number of aliphatic imine (C=N–C) groups is 4. The molecule has 2 atom stereocenters. The van der Waals surface area contributed by atoms with Crippen molar-refractivity contribution in [3.63, 3.8) is 0 Å². The van der Waals surface area contributed by atoms with E-state index < -0.39 is 36.3 Å². The first kappa shape index (κ1) is 37.1. The minimum absolute atomic E-state index is 0.131. The lowest BCUT2D eigenvalue weighted by molar-refractivity contribution is -0.147. The van der Waals surface area contributed by atoms with Crippen LogP contribution in [0.4, 0.5) is 11.4 Å². The molecular formula is C29H41ClN10O6. The van der Waals surface area contributed by atoms with Gasteiger partial charge in [-0.1, -0.05) is 42.1 Å². The lowest BCUT2D eigenvalue weighted by Gasteiger charge is -2.13. The first-order valence-corrected chi connectivity index (χ1v) is 14.5. The molecule has 0 amide bonds. The second-order valence-corrected chi connectivity index (χ2v) is 10.3. The fourth-order valence-corrected chi connectivity index (χ4v) is 3.75. The van der Waals surface area contributed by atoms with E-state index in [0.29, 0.717) is 18.1 Å². The minimum atomic E-state index is -1.42. The molecule has 0 aromatic heterocycles. The number of carbonyl (C=O) groups is 1. The third-order valence-electron chi connectivity index (χ3n) is 6.00. The van der Waals surface area contributed by atoms with Crippen LogP contribution in [0.2, 0.25) is 5.02 Å². The number of carbonyl (C=O) groups excluding carboxylic acids is 1. The number of nitrogens with two attached hydrogens (primary N) is 4. The number of aliphatic hydroxyl groups excluding tert-OH is 4. The van der Waals surface area contributed by atoms with Gasteiger partial charge in [0.05, 0.1) is 6.61 Å². The smallest absolute Gasteiger partial charge is 0.377 e. The van der Waals surface area contributed by atoms with Gasteiger partial charge in [-0.25, -0.2) is 4.79 Å². The molecule has 1 heterocycles. The quantitative estimate of drug-likeness (QED) is 0.0711. The van der Waals surface area contributed by atoms with Crippen LogP contribution < -0.4 is 33.6 Å². The summed E-state index contributed by atoms with van der Waals surface area (Å²) in [6, 6.07) is 14.9. The standard InChI is InChI=1S/C23H33ClN10.C6H8O6/c1-16-6-10-18(11-7-16)31-22(27)33-20(25)29-14-4-2-3-5-15-30-21(26)34-23(28)32-19-12-8-17(24)9-13-19;7-1-2(8)5-3(9)4(10)6(11)12-5/h6-13H,2-5,14-15H2,1H3,(H5,25,27,29,31,33)(H5,26,28,30,32,34);2,5,7-10H,1H2/t;2-,5-/m.0/s1. The number of cyclic esters (lactones) is 1. The van der Waals surface area contributed by atoms with E-state index in [1.54, 1.807) is 24.3 Å². The largest absolute Gasteiger partial charge is 0.505 e. The summed E-state index contributed by atoms with van der Waals surface area (Å²) in [5.41, 5.74) is 26.1. The molecule has 1 aliphatic heterocycles. The molecule has 1 aliphatic rings. The average Bonchev–Trinajstić information content (AvgIpc) is 3.27. The van der Waals surface area contributed by atoms with Crippen molar-refractivity contribution in [1.29, 1.82) is 0 Å². The number of anilines is 2. The first-order valence-electron chi connectivity index (χ1n) is 14.2. The van der Waals surface area contributed by atoms with Crippen LogP contribution in [0.15, 0.2) is 80.0 Å². The Balaban J connectivity index is 0.000000512. The number of ether oxygens (including phenoxy) is 1. The number of hydrogen-bond donors (Lipinski definition) is 10. The van der Waals surface area contributed by atoms with Crippen LogP contribution in [0.3, 0.4) is 0 Å². The Kier molecular flexibility index (Phi) is 15.6. The molecule has 0 unspecified atom stereocenters. The van der Waals surface area contributed by atoms with Gasteiger partial charge < -0.3 is 58.7 Å². The maximum absolute atomic E-state index is 10.5. The topological polar surface area (TPSA) is 285 Å². The van der Waals surface area contributed by atoms with Gasteiger partial charge in [-0.15, -0.1) is 0 Å². The number of nitrogens with zero attached hydrogens (tertiary/aromatic N) is 4. The summed E-state index contributed by atoms with van der Waals surface area (Å²) < 4.78 is 4.32. The third-order valence-corrected chi connectivity index (χ3v) is 6.25. The highest BCUT2D eigenvalue weighted by Gasteiger charge is 2.38. The van der Waals surface area contributed by atoms with E-state index in [1.807, 2.05) is 31.2 Å². The molecule has 14 N–H and O–H groups in total. The van der Waals surface area contributed by atoms with Crippen molar-refractivity contribution < 1.29 is 30.0 Å². The van der Waals surface area contributed by atoms with Gasteiger partial charge in [0.2, 0.25) is 29.6 Å². The fraction of sp³-hybridized carbons (Fsp3) is 0.345. The van der Waals surface area contributed by atoms with Crippen molar-refractivity contribution in [3.05, 3.63) is 70.6 Å². The number of esters is 1. The Bertz CT molecular complexity index is 1350. The summed E-state index contributed by atoms with van der Waals surface area (Å²) in [5.74, 6) is -2.13. The number of unbranched alkanes of at least 4 members (excludes halogenated alkanes) is 3. The summed E-state index contributed by atoms with van der Waals surface area (Å²) in [7, 11) is 0. The van der Waals surface area contributed by atoms with E-state index in [0.717, 1.165) is 42.6 Å². The molecule has 0 spiro atoms. The molecule has 250 valence electrons. The minimum Gasteiger partial charge on any atom is -0.505 e. The first-order chi connectivity index (χ1) is 21.9. The summed E-state index contributed by atoms with van der Waals surface area (Å²) in [5, 5.41) is 41.6. The van der Waals surface area contributed by atoms with Crippen LogP contribution in [0, 0.1) is 6.92 Å². The second-order valence-electron chi connectivity index (χ2n) is 9.82. The van der Waals surface area contributed by atoms with Gasteiger partial charge in [-0.3, -0.25) is 9.98 Å². The zero-order chi connectivity index (χ0) is 34.1. The number of guanidine groups is 4. The van der Waals surface area contributed by atoms with Crippen molar-refractivity contribution in [2.24, 2.45) is 42.9 Å². The van der Waals surface area contributed by atoms with Gasteiger partial charge in [0.25, 0.3) is 0 Å². The van der Waals surface area contributed by atoms with E-state index in [4.69, 9.17) is 55.0 Å².